The minimum absolute atomic E-state index is 0.0260. The van der Waals surface area contributed by atoms with E-state index in [1.54, 1.807) is 0 Å². The first kappa shape index (κ1) is 86.9. The zero-order valence-electron chi connectivity index (χ0n) is 59.8. The van der Waals surface area contributed by atoms with Crippen molar-refractivity contribution in [2.75, 3.05) is 40.9 Å². The molecule has 90 heavy (non-hydrogen) atoms. The Kier molecular flexibility index (Phi) is 66.4. The maximum atomic E-state index is 13.6. The number of nitrogens with zero attached hydrogens (tertiary/aromatic N) is 1. The second-order valence-corrected chi connectivity index (χ2v) is 28.2. The number of unbranched alkanes of at least 4 members (excludes halogenated alkanes) is 39. The standard InChI is InChI=1S/C80H145N2O7P/c1-7-10-13-16-19-22-25-28-30-32-34-36-38-40-41-43-45-47-49-51-53-55-58-61-64-67-70-73-80(84)89-78(71-68-65-62-59-56-27-24-21-18-15-12-9-3)77(76-88-90(85,86)87-75-74-82(4,5)6)81-79(83)72-69-66-63-60-57-54-52-50-48-46-44-42-39-37-35-33-31-29-26-23-20-17-14-11-8-2/h11,14,19-20,22-23,28-31,35,37,42,44,68,71,77-78H,7-10,12-13,15-18,21,24-27,32-34,36,38-41,43,45-67,69-70,72-76H2,1-6H3,(H-,81,83,85,86)/b14-11-,22-19-,23-20-,30-28-,31-29-,37-35-,44-42-,71-68+. The lowest BCUT2D eigenvalue weighted by atomic mass is 10.0. The molecule has 0 rings (SSSR count). The van der Waals surface area contributed by atoms with Crippen molar-refractivity contribution in [3.8, 4) is 0 Å². The third-order valence-corrected chi connectivity index (χ3v) is 17.7. The van der Waals surface area contributed by atoms with E-state index < -0.39 is 26.6 Å². The number of carbonyl (C=O) groups excluding carboxylic acids is 2. The van der Waals surface area contributed by atoms with Crippen LogP contribution in [0.3, 0.4) is 0 Å². The van der Waals surface area contributed by atoms with Crippen molar-refractivity contribution in [1.82, 2.24) is 5.32 Å². The van der Waals surface area contributed by atoms with Gasteiger partial charge in [0.25, 0.3) is 7.82 Å². The second kappa shape index (κ2) is 68.8. The summed E-state index contributed by atoms with van der Waals surface area (Å²) in [5.74, 6) is -0.539. The number of phosphoric acid groups is 1. The van der Waals surface area contributed by atoms with E-state index in [2.05, 4.69) is 111 Å². The summed E-state index contributed by atoms with van der Waals surface area (Å²) in [4.78, 5) is 40.3. The van der Waals surface area contributed by atoms with Crippen LogP contribution in [-0.4, -0.2) is 69.4 Å². The smallest absolute Gasteiger partial charge is 0.306 e. The summed E-state index contributed by atoms with van der Waals surface area (Å²) in [6, 6.07) is -0.897. The molecule has 0 bridgehead atoms. The van der Waals surface area contributed by atoms with Crippen molar-refractivity contribution in [3.05, 3.63) is 97.2 Å². The first-order chi connectivity index (χ1) is 43.9. The Labute approximate surface area is 558 Å². The van der Waals surface area contributed by atoms with Crippen molar-refractivity contribution < 1.29 is 37.3 Å². The Hall–Kier alpha value is -3.07. The van der Waals surface area contributed by atoms with Gasteiger partial charge in [0.15, 0.2) is 0 Å². The fourth-order valence-corrected chi connectivity index (χ4v) is 11.7. The molecule has 0 aromatic carbocycles. The van der Waals surface area contributed by atoms with E-state index in [1.807, 2.05) is 33.3 Å². The molecule has 0 aliphatic carbocycles. The molecule has 0 aromatic rings. The van der Waals surface area contributed by atoms with E-state index in [4.69, 9.17) is 13.8 Å². The number of carbonyl (C=O) groups is 2. The van der Waals surface area contributed by atoms with Gasteiger partial charge in [0.05, 0.1) is 33.8 Å². The maximum absolute atomic E-state index is 13.6. The van der Waals surface area contributed by atoms with Gasteiger partial charge in [-0.1, -0.05) is 324 Å². The summed E-state index contributed by atoms with van der Waals surface area (Å²) in [6.45, 7) is 6.74. The van der Waals surface area contributed by atoms with Gasteiger partial charge >= 0.3 is 5.97 Å². The fourth-order valence-electron chi connectivity index (χ4n) is 10.9. The van der Waals surface area contributed by atoms with Crippen molar-refractivity contribution in [2.45, 2.75) is 360 Å². The van der Waals surface area contributed by atoms with Crippen molar-refractivity contribution >= 4 is 19.7 Å². The fraction of sp³-hybridized carbons (Fsp3) is 0.775. The topological polar surface area (TPSA) is 114 Å². The Morgan fingerprint density at radius 2 is 0.711 bits per heavy atom. The Balaban J connectivity index is 4.98. The monoisotopic (exact) mass is 1280 g/mol. The van der Waals surface area contributed by atoms with Crippen LogP contribution in [0.25, 0.3) is 0 Å². The van der Waals surface area contributed by atoms with E-state index in [0.717, 1.165) is 109 Å². The zero-order chi connectivity index (χ0) is 65.6. The normalized spacial score (nSPS) is 14.0. The molecule has 0 saturated carbocycles. The minimum atomic E-state index is -4.71. The van der Waals surface area contributed by atoms with Gasteiger partial charge in [-0.2, -0.15) is 0 Å². The van der Waals surface area contributed by atoms with Gasteiger partial charge in [-0.05, 0) is 109 Å². The van der Waals surface area contributed by atoms with Gasteiger partial charge in [0, 0.05) is 12.8 Å². The molecule has 0 aliphatic heterocycles. The van der Waals surface area contributed by atoms with E-state index in [0.29, 0.717) is 17.4 Å². The number of hydrogen-bond donors (Lipinski definition) is 1. The molecule has 0 heterocycles. The highest BCUT2D eigenvalue weighted by Crippen LogP contribution is 2.38. The molecule has 0 aromatic heterocycles. The van der Waals surface area contributed by atoms with Crippen molar-refractivity contribution in [2.24, 2.45) is 0 Å². The van der Waals surface area contributed by atoms with E-state index >= 15 is 0 Å². The lowest BCUT2D eigenvalue weighted by Crippen LogP contribution is -2.47. The predicted octanol–water partition coefficient (Wildman–Crippen LogP) is 24.0. The third kappa shape index (κ3) is 69.3. The molecule has 9 nitrogen and oxygen atoms in total. The molecule has 0 aliphatic rings. The largest absolute Gasteiger partial charge is 0.756 e. The molecule has 1 N–H and O–H groups in total. The van der Waals surface area contributed by atoms with Crippen LogP contribution in [0.1, 0.15) is 348 Å². The minimum Gasteiger partial charge on any atom is -0.756 e. The number of amides is 1. The number of likely N-dealkylation sites (N-methyl/N-ethyl adjacent to an activating group) is 1. The van der Waals surface area contributed by atoms with Gasteiger partial charge in [0.1, 0.15) is 19.3 Å². The van der Waals surface area contributed by atoms with Gasteiger partial charge in [-0.3, -0.25) is 14.2 Å². The molecule has 10 heteroatoms. The van der Waals surface area contributed by atoms with E-state index in [1.165, 1.54) is 205 Å². The third-order valence-electron chi connectivity index (χ3n) is 16.7. The van der Waals surface area contributed by atoms with Gasteiger partial charge in [-0.15, -0.1) is 0 Å². The quantitative estimate of drug-likeness (QED) is 0.0212. The molecule has 3 unspecified atom stereocenters. The van der Waals surface area contributed by atoms with Crippen LogP contribution in [0.2, 0.25) is 0 Å². The van der Waals surface area contributed by atoms with Crippen molar-refractivity contribution in [1.29, 1.82) is 0 Å². The average molecular weight is 1280 g/mol. The van der Waals surface area contributed by atoms with E-state index in [-0.39, 0.29) is 24.9 Å². The zero-order valence-corrected chi connectivity index (χ0v) is 60.7. The summed E-state index contributed by atoms with van der Waals surface area (Å²) in [6.07, 6.45) is 94.0. The van der Waals surface area contributed by atoms with Crippen LogP contribution in [0.15, 0.2) is 97.2 Å². The molecule has 0 radical (unpaired) electrons. The predicted molar refractivity (Wildman–Crippen MR) is 390 cm³/mol. The summed E-state index contributed by atoms with van der Waals surface area (Å²) in [5, 5.41) is 3.05. The molecule has 0 saturated heterocycles. The number of esters is 1. The van der Waals surface area contributed by atoms with Crippen LogP contribution in [0.4, 0.5) is 0 Å². The maximum Gasteiger partial charge on any atom is 0.306 e. The molecule has 1 amide bonds. The Morgan fingerprint density at radius 3 is 1.09 bits per heavy atom. The molecule has 3 atom stereocenters. The average Bonchev–Trinajstić information content (AvgIpc) is 3.11. The summed E-state index contributed by atoms with van der Waals surface area (Å²) >= 11 is 0. The SMILES string of the molecule is CC/C=C\C/C=C\C/C=C\C/C=C\C/C=C\CCCCCCCCCCCC(=O)NC(COP(=O)([O-])OCC[N+](C)(C)C)C(/C=C/CCCCCCCCCCCC)OC(=O)CCCCCCCCCCCCCCCCCCC/C=C\C/C=C\CCCCC. The van der Waals surface area contributed by atoms with Crippen LogP contribution in [0.5, 0.6) is 0 Å². The number of hydrogen-bond acceptors (Lipinski definition) is 7. The molecule has 0 fully saturated rings. The number of quaternary nitrogens is 1. The highest BCUT2D eigenvalue weighted by molar-refractivity contribution is 7.45. The van der Waals surface area contributed by atoms with Crippen LogP contribution < -0.4 is 10.2 Å². The highest BCUT2D eigenvalue weighted by atomic mass is 31.2. The molecule has 522 valence electrons. The summed E-state index contributed by atoms with van der Waals surface area (Å²) < 4.78 is 30.5. The second-order valence-electron chi connectivity index (χ2n) is 26.8. The van der Waals surface area contributed by atoms with E-state index in [9.17, 15) is 19.0 Å². The number of ether oxygens (including phenoxy) is 1. The first-order valence-corrected chi connectivity index (χ1v) is 39.5. The van der Waals surface area contributed by atoms with Gasteiger partial charge < -0.3 is 28.5 Å². The number of rotatable bonds is 69. The Morgan fingerprint density at radius 1 is 0.400 bits per heavy atom. The molecular formula is C80H145N2O7P. The number of allylic oxidation sites excluding steroid dienone is 15. The first-order valence-electron chi connectivity index (χ1n) is 38.0. The van der Waals surface area contributed by atoms with Crippen LogP contribution in [-0.2, 0) is 27.9 Å². The van der Waals surface area contributed by atoms with Gasteiger partial charge in [0.2, 0.25) is 5.91 Å². The number of phosphoric ester groups is 1. The summed E-state index contributed by atoms with van der Waals surface area (Å²) in [7, 11) is 1.18. The van der Waals surface area contributed by atoms with Crippen molar-refractivity contribution in [3.63, 3.8) is 0 Å². The lowest BCUT2D eigenvalue weighted by Gasteiger charge is -2.30. The number of nitrogens with one attached hydrogen (secondary N) is 1. The Bertz CT molecular complexity index is 1860. The lowest BCUT2D eigenvalue weighted by molar-refractivity contribution is -0.870. The van der Waals surface area contributed by atoms with Gasteiger partial charge in [-0.25, -0.2) is 0 Å². The van der Waals surface area contributed by atoms with Crippen LogP contribution in [0, 0.1) is 0 Å². The highest BCUT2D eigenvalue weighted by Gasteiger charge is 2.27. The molecular weight excluding hydrogens is 1130 g/mol. The molecule has 0 spiro atoms. The van der Waals surface area contributed by atoms with Crippen LogP contribution >= 0.6 is 7.82 Å². The summed E-state index contributed by atoms with van der Waals surface area (Å²) in [5.41, 5.74) is 0.